The van der Waals surface area contributed by atoms with Crippen molar-refractivity contribution in [3.63, 3.8) is 0 Å². The predicted octanol–water partition coefficient (Wildman–Crippen LogP) is 3.14. The smallest absolute Gasteiger partial charge is 0.260 e. The number of amides is 3. The first-order chi connectivity index (χ1) is 19.9. The number of hydrogen-bond donors (Lipinski definition) is 3. The second kappa shape index (κ2) is 14.7. The largest absolute Gasteiger partial charge is 0.497 e. The molecule has 2 aromatic rings. The minimum Gasteiger partial charge on any atom is -0.497 e. The Hall–Kier alpha value is -3.70. The summed E-state index contributed by atoms with van der Waals surface area (Å²) in [6.45, 7) is 11.0. The number of carbonyl (C=O) groups is 3. The van der Waals surface area contributed by atoms with Gasteiger partial charge in [0.2, 0.25) is 21.8 Å². The van der Waals surface area contributed by atoms with E-state index < -0.39 is 38.8 Å². The minimum absolute atomic E-state index is 0.0338. The van der Waals surface area contributed by atoms with E-state index in [2.05, 4.69) is 15.4 Å². The molecule has 236 valence electrons. The van der Waals surface area contributed by atoms with E-state index in [9.17, 15) is 22.8 Å². The first-order valence-electron chi connectivity index (χ1n) is 14.1. The highest BCUT2D eigenvalue weighted by molar-refractivity contribution is 7.89. The van der Waals surface area contributed by atoms with E-state index >= 15 is 0 Å². The first-order valence-corrected chi connectivity index (χ1v) is 15.7. The average Bonchev–Trinajstić information content (AvgIpc) is 2.93. The van der Waals surface area contributed by atoms with Gasteiger partial charge in [-0.2, -0.15) is 0 Å². The maximum absolute atomic E-state index is 13.6. The van der Waals surface area contributed by atoms with Gasteiger partial charge >= 0.3 is 0 Å². The van der Waals surface area contributed by atoms with Crippen molar-refractivity contribution in [2.24, 2.45) is 5.41 Å². The Kier molecular flexibility index (Phi) is 12.1. The zero-order chi connectivity index (χ0) is 32.6. The molecular formula is C32H46N4O6S. The molecule has 0 radical (unpaired) electrons. The van der Waals surface area contributed by atoms with E-state index in [1.165, 1.54) is 17.9 Å². The molecule has 0 aromatic heterocycles. The van der Waals surface area contributed by atoms with Crippen molar-refractivity contribution in [2.75, 3.05) is 27.7 Å². The van der Waals surface area contributed by atoms with Crippen LogP contribution in [0.2, 0.25) is 0 Å². The van der Waals surface area contributed by atoms with Crippen molar-refractivity contribution in [3.8, 4) is 5.75 Å². The minimum atomic E-state index is -3.91. The van der Waals surface area contributed by atoms with Gasteiger partial charge in [-0.1, -0.05) is 83.2 Å². The topological polar surface area (TPSA) is 134 Å². The van der Waals surface area contributed by atoms with Crippen LogP contribution in [0.3, 0.4) is 0 Å². The monoisotopic (exact) mass is 614 g/mol. The molecule has 2 atom stereocenters. The van der Waals surface area contributed by atoms with Gasteiger partial charge in [-0.25, -0.2) is 13.1 Å². The van der Waals surface area contributed by atoms with Gasteiger partial charge < -0.3 is 20.3 Å². The van der Waals surface area contributed by atoms with E-state index in [4.69, 9.17) is 4.74 Å². The predicted molar refractivity (Wildman–Crippen MR) is 169 cm³/mol. The zero-order valence-corrected chi connectivity index (χ0v) is 27.5. The summed E-state index contributed by atoms with van der Waals surface area (Å²) in [5.41, 5.74) is 0.354. The number of ether oxygens (including phenoxy) is 1. The number of sulfonamides is 1. The molecule has 0 aliphatic rings. The normalized spacial score (nSPS) is 13.9. The Balaban J connectivity index is 2.13. The molecule has 0 heterocycles. The molecule has 3 amide bonds. The quantitative estimate of drug-likeness (QED) is 0.295. The lowest BCUT2D eigenvalue weighted by atomic mass is 9.76. The Labute approximate surface area is 256 Å². The summed E-state index contributed by atoms with van der Waals surface area (Å²) < 4.78 is 32.2. The third-order valence-electron chi connectivity index (χ3n) is 7.36. The molecule has 0 bridgehead atoms. The van der Waals surface area contributed by atoms with E-state index in [0.29, 0.717) is 11.3 Å². The van der Waals surface area contributed by atoms with Crippen LogP contribution in [0.4, 0.5) is 0 Å². The SMILES string of the molecule is CN[C@H](C(=O)NC(C(=O)N(C)C/C=C(\C)C(=O)NS(=O)(=O)Cc1ccccc1)C(C)(C)C)C(C)(C)c1ccc(OC)cc1. The van der Waals surface area contributed by atoms with Crippen LogP contribution in [-0.2, 0) is 35.6 Å². The van der Waals surface area contributed by atoms with Gasteiger partial charge in [0.05, 0.1) is 18.9 Å². The maximum atomic E-state index is 13.6. The summed E-state index contributed by atoms with van der Waals surface area (Å²) >= 11 is 0. The van der Waals surface area contributed by atoms with Crippen LogP contribution in [0.1, 0.15) is 52.7 Å². The Morgan fingerprint density at radius 2 is 1.53 bits per heavy atom. The third kappa shape index (κ3) is 9.93. The fourth-order valence-corrected chi connectivity index (χ4v) is 5.76. The number of rotatable bonds is 13. The molecule has 3 N–H and O–H groups in total. The molecule has 2 aromatic carbocycles. The van der Waals surface area contributed by atoms with Gasteiger partial charge in [-0.15, -0.1) is 0 Å². The van der Waals surface area contributed by atoms with Crippen molar-refractivity contribution in [3.05, 3.63) is 77.4 Å². The number of carbonyl (C=O) groups excluding carboxylic acids is 3. The summed E-state index contributed by atoms with van der Waals surface area (Å²) in [6, 6.07) is 14.5. The molecular weight excluding hydrogens is 568 g/mol. The highest BCUT2D eigenvalue weighted by Gasteiger charge is 2.40. The number of methoxy groups -OCH3 is 1. The van der Waals surface area contributed by atoms with Crippen LogP contribution in [0.5, 0.6) is 5.75 Å². The fraction of sp³-hybridized carbons (Fsp3) is 0.469. The standard InChI is InChI=1S/C32H46N4O6S/c1-22(28(37)35-43(40,41)21-23-13-11-10-12-14-23)19-20-36(8)30(39)27(31(2,3)4)34-29(38)26(33-7)32(5,6)24-15-17-25(42-9)18-16-24/h10-19,26-27,33H,20-21H2,1-9H3,(H,34,38)(H,35,37)/b22-19+/t26-,27?/m1/s1. The lowest BCUT2D eigenvalue weighted by Gasteiger charge is -2.38. The average molecular weight is 615 g/mol. The lowest BCUT2D eigenvalue weighted by Crippen LogP contribution is -2.60. The lowest BCUT2D eigenvalue weighted by molar-refractivity contribution is -0.139. The second-order valence-corrected chi connectivity index (χ2v) is 14.0. The number of nitrogens with zero attached hydrogens (tertiary/aromatic N) is 1. The number of nitrogens with one attached hydrogen (secondary N) is 3. The maximum Gasteiger partial charge on any atom is 0.260 e. The summed E-state index contributed by atoms with van der Waals surface area (Å²) in [5, 5.41) is 6.06. The van der Waals surface area contributed by atoms with Crippen LogP contribution < -0.4 is 20.1 Å². The Morgan fingerprint density at radius 1 is 0.953 bits per heavy atom. The van der Waals surface area contributed by atoms with Crippen LogP contribution in [-0.4, -0.2) is 70.9 Å². The summed E-state index contributed by atoms with van der Waals surface area (Å²) in [7, 11) is 0.954. The zero-order valence-electron chi connectivity index (χ0n) is 26.6. The van der Waals surface area contributed by atoms with Gasteiger partial charge in [-0.3, -0.25) is 14.4 Å². The Bertz CT molecular complexity index is 1400. The van der Waals surface area contributed by atoms with Crippen LogP contribution in [0.15, 0.2) is 66.2 Å². The van der Waals surface area contributed by atoms with E-state index in [1.54, 1.807) is 51.5 Å². The van der Waals surface area contributed by atoms with Crippen molar-refractivity contribution in [1.82, 2.24) is 20.3 Å². The highest BCUT2D eigenvalue weighted by atomic mass is 32.2. The molecule has 10 nitrogen and oxygen atoms in total. The fourth-order valence-electron chi connectivity index (χ4n) is 4.61. The molecule has 43 heavy (non-hydrogen) atoms. The summed E-state index contributed by atoms with van der Waals surface area (Å²) in [5.74, 6) is -1.07. The molecule has 0 spiro atoms. The first kappa shape index (κ1) is 35.5. The van der Waals surface area contributed by atoms with Crippen molar-refractivity contribution in [1.29, 1.82) is 0 Å². The number of benzene rings is 2. The molecule has 0 saturated heterocycles. The number of hydrogen-bond acceptors (Lipinski definition) is 7. The van der Waals surface area contributed by atoms with E-state index in [1.807, 2.05) is 58.9 Å². The number of likely N-dealkylation sites (N-methyl/N-ethyl adjacent to an activating group) is 2. The van der Waals surface area contributed by atoms with Crippen LogP contribution in [0, 0.1) is 5.41 Å². The third-order valence-corrected chi connectivity index (χ3v) is 8.57. The van der Waals surface area contributed by atoms with Gasteiger partial charge in [0.15, 0.2) is 0 Å². The van der Waals surface area contributed by atoms with Crippen LogP contribution in [0.25, 0.3) is 0 Å². The van der Waals surface area contributed by atoms with E-state index in [-0.39, 0.29) is 29.7 Å². The highest BCUT2D eigenvalue weighted by Crippen LogP contribution is 2.30. The second-order valence-electron chi connectivity index (χ2n) is 12.3. The molecule has 11 heteroatoms. The molecule has 2 rings (SSSR count). The summed E-state index contributed by atoms with van der Waals surface area (Å²) in [4.78, 5) is 41.2. The van der Waals surface area contributed by atoms with Gasteiger partial charge in [0.25, 0.3) is 5.91 Å². The Morgan fingerprint density at radius 3 is 2.05 bits per heavy atom. The van der Waals surface area contributed by atoms with Crippen LogP contribution >= 0.6 is 0 Å². The summed E-state index contributed by atoms with van der Waals surface area (Å²) in [6.07, 6.45) is 1.48. The van der Waals surface area contributed by atoms with E-state index in [0.717, 1.165) is 5.56 Å². The van der Waals surface area contributed by atoms with Crippen molar-refractivity contribution in [2.45, 2.75) is 64.8 Å². The van der Waals surface area contributed by atoms with Gasteiger partial charge in [0.1, 0.15) is 11.8 Å². The van der Waals surface area contributed by atoms with Crippen molar-refractivity contribution >= 4 is 27.7 Å². The molecule has 1 unspecified atom stereocenters. The molecule has 0 fully saturated rings. The van der Waals surface area contributed by atoms with Gasteiger partial charge in [-0.05, 0) is 42.6 Å². The van der Waals surface area contributed by atoms with Crippen molar-refractivity contribution < 1.29 is 27.5 Å². The molecule has 0 aliphatic heterocycles. The molecule has 0 saturated carbocycles. The molecule has 0 aliphatic carbocycles. The van der Waals surface area contributed by atoms with Gasteiger partial charge in [0, 0.05) is 24.6 Å².